The number of amides is 4. The highest BCUT2D eigenvalue weighted by atomic mass is 16.5. The van der Waals surface area contributed by atoms with Crippen molar-refractivity contribution < 1.29 is 38.2 Å². The summed E-state index contributed by atoms with van der Waals surface area (Å²) >= 11 is 0. The van der Waals surface area contributed by atoms with Gasteiger partial charge in [0.15, 0.2) is 0 Å². The molecule has 0 radical (unpaired) electrons. The highest BCUT2D eigenvalue weighted by molar-refractivity contribution is 6.13. The van der Waals surface area contributed by atoms with Gasteiger partial charge in [0, 0.05) is 49.6 Å². The van der Waals surface area contributed by atoms with Crippen molar-refractivity contribution in [3.05, 3.63) is 24.3 Å². The van der Waals surface area contributed by atoms with Gasteiger partial charge < -0.3 is 9.47 Å². The zero-order valence-electron chi connectivity index (χ0n) is 18.3. The molecule has 0 spiro atoms. The summed E-state index contributed by atoms with van der Waals surface area (Å²) in [5.41, 5.74) is 0. The van der Waals surface area contributed by atoms with Crippen LogP contribution in [0.5, 0.6) is 0 Å². The molecule has 2 atom stereocenters. The highest BCUT2D eigenvalue weighted by Crippen LogP contribution is 2.12. The second-order valence-electron chi connectivity index (χ2n) is 7.88. The van der Waals surface area contributed by atoms with Crippen LogP contribution in [0.25, 0.3) is 0 Å². The third-order valence-corrected chi connectivity index (χ3v) is 4.96. The Morgan fingerprint density at radius 3 is 1.75 bits per heavy atom. The second kappa shape index (κ2) is 11.9. The van der Waals surface area contributed by atoms with Gasteiger partial charge in [-0.15, -0.1) is 0 Å². The number of rotatable bonds is 13. The van der Waals surface area contributed by atoms with Crippen molar-refractivity contribution >= 4 is 35.6 Å². The molecule has 174 valence electrons. The number of hydrogen-bond acceptors (Lipinski definition) is 8. The largest absolute Gasteiger partial charge is 0.465 e. The Kier molecular flexibility index (Phi) is 9.30. The minimum absolute atomic E-state index is 0.0623. The Hall–Kier alpha value is -3.30. The van der Waals surface area contributed by atoms with Gasteiger partial charge in [-0.05, 0) is 19.8 Å². The molecular weight excluding hydrogens is 420 g/mol. The molecule has 0 fully saturated rings. The van der Waals surface area contributed by atoms with E-state index in [1.54, 1.807) is 13.8 Å². The van der Waals surface area contributed by atoms with Crippen molar-refractivity contribution in [3.63, 3.8) is 0 Å². The highest BCUT2D eigenvalue weighted by Gasteiger charge is 2.29. The van der Waals surface area contributed by atoms with Crippen LogP contribution in [0, 0.1) is 5.92 Å². The lowest BCUT2D eigenvalue weighted by molar-refractivity contribution is -0.150. The zero-order valence-corrected chi connectivity index (χ0v) is 18.3. The number of carbonyl (C=O) groups excluding carboxylic acids is 6. The third-order valence-electron chi connectivity index (χ3n) is 4.96. The molecule has 0 saturated heterocycles. The molecule has 32 heavy (non-hydrogen) atoms. The summed E-state index contributed by atoms with van der Waals surface area (Å²) in [5, 5.41) is 0. The van der Waals surface area contributed by atoms with E-state index in [0.29, 0.717) is 19.3 Å². The van der Waals surface area contributed by atoms with Crippen LogP contribution in [0.1, 0.15) is 46.0 Å². The van der Waals surface area contributed by atoms with E-state index in [9.17, 15) is 28.8 Å². The summed E-state index contributed by atoms with van der Waals surface area (Å²) in [7, 11) is 0. The average Bonchev–Trinajstić information content (AvgIpc) is 3.25. The van der Waals surface area contributed by atoms with Crippen LogP contribution in [0.15, 0.2) is 24.3 Å². The van der Waals surface area contributed by atoms with Gasteiger partial charge in [0.1, 0.15) is 6.61 Å². The Morgan fingerprint density at radius 1 is 0.750 bits per heavy atom. The minimum atomic E-state index is -0.538. The van der Waals surface area contributed by atoms with E-state index in [4.69, 9.17) is 9.47 Å². The normalized spacial score (nSPS) is 17.3. The molecule has 0 bridgehead atoms. The number of esters is 2. The van der Waals surface area contributed by atoms with E-state index in [2.05, 4.69) is 0 Å². The monoisotopic (exact) mass is 448 g/mol. The molecule has 0 saturated carbocycles. The van der Waals surface area contributed by atoms with Crippen LogP contribution in [0.4, 0.5) is 0 Å². The van der Waals surface area contributed by atoms with E-state index in [0.717, 1.165) is 9.80 Å². The van der Waals surface area contributed by atoms with Gasteiger partial charge in [-0.3, -0.25) is 38.6 Å². The molecule has 0 aromatic carbocycles. The lowest BCUT2D eigenvalue weighted by Crippen LogP contribution is -2.41. The van der Waals surface area contributed by atoms with E-state index >= 15 is 0 Å². The molecular formula is C22H28N2O8. The van der Waals surface area contributed by atoms with E-state index in [1.807, 2.05) is 0 Å². The quantitative estimate of drug-likeness (QED) is 0.231. The van der Waals surface area contributed by atoms with E-state index in [-0.39, 0.29) is 56.3 Å². The van der Waals surface area contributed by atoms with Crippen molar-refractivity contribution in [3.8, 4) is 0 Å². The molecule has 0 N–H and O–H groups in total. The van der Waals surface area contributed by atoms with Crippen molar-refractivity contribution in [2.45, 2.75) is 52.0 Å². The van der Waals surface area contributed by atoms with Crippen LogP contribution in [-0.4, -0.2) is 71.2 Å². The van der Waals surface area contributed by atoms with E-state index < -0.39 is 23.8 Å². The SMILES string of the molecule is CC(COC(=O)CCCCCC(=O)OCC(C)N1C(=O)C=CC1=O)CN1C(=O)C=CC1=O. The molecule has 2 aliphatic heterocycles. The summed E-state index contributed by atoms with van der Waals surface area (Å²) in [4.78, 5) is 72.0. The number of carbonyl (C=O) groups is 6. The second-order valence-corrected chi connectivity index (χ2v) is 7.88. The summed E-state index contributed by atoms with van der Waals surface area (Å²) in [6.07, 6.45) is 6.87. The first-order valence-electron chi connectivity index (χ1n) is 10.6. The zero-order chi connectivity index (χ0) is 23.7. The molecule has 0 aromatic heterocycles. The fraction of sp³-hybridized carbons (Fsp3) is 0.545. The Bertz CT molecular complexity index is 796. The standard InChI is InChI=1S/C22H28N2O8/c1-15(12-23-17(25)8-9-18(23)26)13-31-21(29)6-4-3-5-7-22(30)32-14-16(2)24-19(27)10-11-20(24)28/h8-11,15-16H,3-7,12-14H2,1-2H3. The van der Waals surface area contributed by atoms with Crippen LogP contribution < -0.4 is 0 Å². The Morgan fingerprint density at radius 2 is 1.22 bits per heavy atom. The maximum atomic E-state index is 11.8. The summed E-state index contributed by atoms with van der Waals surface area (Å²) in [6.45, 7) is 3.64. The van der Waals surface area contributed by atoms with Crippen LogP contribution >= 0.6 is 0 Å². The van der Waals surface area contributed by atoms with Crippen molar-refractivity contribution in [1.82, 2.24) is 9.80 Å². The molecule has 4 amide bonds. The van der Waals surface area contributed by atoms with Crippen LogP contribution in [-0.2, 0) is 38.2 Å². The molecule has 10 nitrogen and oxygen atoms in total. The van der Waals surface area contributed by atoms with Gasteiger partial charge in [-0.1, -0.05) is 13.3 Å². The van der Waals surface area contributed by atoms with Gasteiger partial charge >= 0.3 is 11.9 Å². The van der Waals surface area contributed by atoms with Crippen LogP contribution in [0.3, 0.4) is 0 Å². The Balaban J connectivity index is 1.50. The maximum Gasteiger partial charge on any atom is 0.305 e. The lowest BCUT2D eigenvalue weighted by atomic mass is 10.1. The Labute approximate surface area is 186 Å². The van der Waals surface area contributed by atoms with Gasteiger partial charge in [-0.25, -0.2) is 0 Å². The van der Waals surface area contributed by atoms with Crippen molar-refractivity contribution in [2.24, 2.45) is 5.92 Å². The van der Waals surface area contributed by atoms with E-state index in [1.165, 1.54) is 24.3 Å². The van der Waals surface area contributed by atoms with Crippen molar-refractivity contribution in [2.75, 3.05) is 19.8 Å². The minimum Gasteiger partial charge on any atom is -0.465 e. The summed E-state index contributed by atoms with van der Waals surface area (Å²) < 4.78 is 10.3. The molecule has 0 aromatic rings. The number of nitrogens with zero attached hydrogens (tertiary/aromatic N) is 2. The molecule has 2 heterocycles. The number of unbranched alkanes of at least 4 members (excludes halogenated alkanes) is 2. The molecule has 0 aliphatic carbocycles. The predicted octanol–water partition coefficient (Wildman–Crippen LogP) is 0.898. The number of ether oxygens (including phenoxy) is 2. The van der Waals surface area contributed by atoms with Gasteiger partial charge in [-0.2, -0.15) is 0 Å². The lowest BCUT2D eigenvalue weighted by Gasteiger charge is -2.21. The fourth-order valence-electron chi connectivity index (χ4n) is 3.20. The van der Waals surface area contributed by atoms with Gasteiger partial charge in [0.2, 0.25) is 0 Å². The summed E-state index contributed by atoms with van der Waals surface area (Å²) in [6, 6.07) is -0.538. The van der Waals surface area contributed by atoms with Crippen molar-refractivity contribution in [1.29, 1.82) is 0 Å². The smallest absolute Gasteiger partial charge is 0.305 e. The molecule has 2 unspecified atom stereocenters. The topological polar surface area (TPSA) is 127 Å². The maximum absolute atomic E-state index is 11.8. The molecule has 2 rings (SSSR count). The number of hydrogen-bond donors (Lipinski definition) is 0. The first-order valence-corrected chi connectivity index (χ1v) is 10.6. The first-order chi connectivity index (χ1) is 15.2. The average molecular weight is 448 g/mol. The predicted molar refractivity (Wildman–Crippen MR) is 110 cm³/mol. The van der Waals surface area contributed by atoms with Crippen LogP contribution in [0.2, 0.25) is 0 Å². The van der Waals surface area contributed by atoms with Gasteiger partial charge in [0.05, 0.1) is 12.6 Å². The fourth-order valence-corrected chi connectivity index (χ4v) is 3.20. The summed E-state index contributed by atoms with van der Waals surface area (Å²) in [5.74, 6) is -2.55. The van der Waals surface area contributed by atoms with Gasteiger partial charge in [0.25, 0.3) is 23.6 Å². The molecule has 2 aliphatic rings. The third kappa shape index (κ3) is 7.44. The number of imide groups is 2. The molecule has 10 heteroatoms. The first kappa shape index (κ1) is 25.0.